The van der Waals surface area contributed by atoms with Crippen LogP contribution in [0.3, 0.4) is 0 Å². The summed E-state index contributed by atoms with van der Waals surface area (Å²) in [6.45, 7) is 1.84. The fourth-order valence-corrected chi connectivity index (χ4v) is 4.54. The summed E-state index contributed by atoms with van der Waals surface area (Å²) in [6.07, 6.45) is -13.5. The molecule has 1 heterocycles. The van der Waals surface area contributed by atoms with E-state index < -0.39 is 34.8 Å². The lowest BCUT2D eigenvalue weighted by molar-refractivity contribution is -0.274. The fourth-order valence-electron chi connectivity index (χ4n) is 4.06. The Hall–Kier alpha value is -4.69. The largest absolute Gasteiger partial charge is 0.573 e. The molecule has 5 aromatic rings. The van der Waals surface area contributed by atoms with Gasteiger partial charge < -0.3 is 9.47 Å². The van der Waals surface area contributed by atoms with Gasteiger partial charge in [-0.2, -0.15) is 26.0 Å². The Kier molecular flexibility index (Phi) is 9.68. The van der Waals surface area contributed by atoms with E-state index in [-0.39, 0.29) is 10.6 Å². The van der Waals surface area contributed by atoms with Crippen molar-refractivity contribution in [3.63, 3.8) is 0 Å². The van der Waals surface area contributed by atoms with Crippen LogP contribution in [-0.2, 0) is 10.1 Å². The monoisotopic (exact) mass is 653 g/mol. The van der Waals surface area contributed by atoms with Crippen LogP contribution in [0.15, 0.2) is 108 Å². The predicted molar refractivity (Wildman–Crippen MR) is 152 cm³/mol. The first-order chi connectivity index (χ1) is 21.0. The van der Waals surface area contributed by atoms with Crippen molar-refractivity contribution in [3.8, 4) is 33.9 Å². The molecule has 5 rings (SSSR count). The van der Waals surface area contributed by atoms with Gasteiger partial charge in [-0.15, -0.1) is 13.2 Å². The van der Waals surface area contributed by atoms with Gasteiger partial charge in [0.2, 0.25) is 0 Å². The average Bonchev–Trinajstić information content (AvgIpc) is 2.96. The van der Waals surface area contributed by atoms with Crippen LogP contribution >= 0.6 is 0 Å². The summed E-state index contributed by atoms with van der Waals surface area (Å²) in [5, 5.41) is 0.618. The maximum absolute atomic E-state index is 13.2. The summed E-state index contributed by atoms with van der Waals surface area (Å²) >= 11 is 0. The van der Waals surface area contributed by atoms with E-state index in [9.17, 15) is 39.2 Å². The molecule has 236 valence electrons. The van der Waals surface area contributed by atoms with E-state index in [0.29, 0.717) is 33.3 Å². The molecular weight excluding hydrogens is 631 g/mol. The number of rotatable bonds is 7. The molecule has 0 aliphatic heterocycles. The number of ether oxygens (including phenoxy) is 2. The Morgan fingerprint density at radius 1 is 0.733 bits per heavy atom. The van der Waals surface area contributed by atoms with E-state index in [2.05, 4.69) is 14.5 Å². The number of hydrogen-bond donors (Lipinski definition) is 1. The van der Waals surface area contributed by atoms with Crippen molar-refractivity contribution in [2.24, 2.45) is 0 Å². The van der Waals surface area contributed by atoms with Crippen LogP contribution in [0.2, 0.25) is 0 Å². The molecule has 0 atom stereocenters. The van der Waals surface area contributed by atoms with Gasteiger partial charge >= 0.3 is 18.9 Å². The van der Waals surface area contributed by atoms with E-state index in [1.54, 1.807) is 54.6 Å². The third-order valence-electron chi connectivity index (χ3n) is 6.07. The number of pyridine rings is 1. The zero-order valence-electron chi connectivity index (χ0n) is 23.0. The molecule has 0 unspecified atom stereocenters. The number of hydrogen-bond acceptors (Lipinski definition) is 5. The van der Waals surface area contributed by atoms with Crippen molar-refractivity contribution >= 4 is 21.0 Å². The molecule has 6 nitrogen and oxygen atoms in total. The minimum atomic E-state index is -4.83. The highest BCUT2D eigenvalue weighted by Crippen LogP contribution is 2.34. The third kappa shape index (κ3) is 8.92. The molecule has 0 fully saturated rings. The van der Waals surface area contributed by atoms with Crippen molar-refractivity contribution in [3.05, 3.63) is 109 Å². The van der Waals surface area contributed by atoms with Crippen LogP contribution in [0.1, 0.15) is 5.56 Å². The molecule has 0 radical (unpaired) electrons. The average molecular weight is 654 g/mol. The first-order valence-electron chi connectivity index (χ1n) is 12.8. The maximum atomic E-state index is 13.2. The zero-order chi connectivity index (χ0) is 33.0. The predicted octanol–water partition coefficient (Wildman–Crippen LogP) is 8.95. The second-order valence-corrected chi connectivity index (χ2v) is 10.8. The van der Waals surface area contributed by atoms with Gasteiger partial charge in [0.05, 0.1) is 16.1 Å². The summed E-state index contributed by atoms with van der Waals surface area (Å²) < 4.78 is 127. The van der Waals surface area contributed by atoms with Crippen LogP contribution in [0.5, 0.6) is 11.5 Å². The maximum Gasteiger partial charge on any atom is 0.573 e. The van der Waals surface area contributed by atoms with E-state index in [0.717, 1.165) is 17.7 Å². The highest BCUT2D eigenvalue weighted by Gasteiger charge is 2.44. The Morgan fingerprint density at radius 3 is 1.91 bits per heavy atom. The fraction of sp³-hybridized carbons (Fsp3) is 0.129. The van der Waals surface area contributed by atoms with Gasteiger partial charge in [0, 0.05) is 10.9 Å². The number of aryl methyl sites for hydroxylation is 1. The van der Waals surface area contributed by atoms with Crippen LogP contribution in [0, 0.1) is 6.92 Å². The lowest BCUT2D eigenvalue weighted by Crippen LogP contribution is -2.33. The summed E-state index contributed by atoms with van der Waals surface area (Å²) in [5.74, 6) is -0.830. The lowest BCUT2D eigenvalue weighted by Gasteiger charge is -2.17. The van der Waals surface area contributed by atoms with Gasteiger partial charge in [-0.05, 0) is 66.6 Å². The molecule has 4 aromatic carbocycles. The quantitative estimate of drug-likeness (QED) is 0.140. The smallest absolute Gasteiger partial charge is 0.428 e. The standard InChI is InChI=1S/C24H14F7NO2.C7H8O3S/c25-22(26)23(27,28)33-16-6-2-5-15(13-16)20-11-10-19-18(8-3-9-21(19)32-20)14-4-1-7-17(12-14)34-24(29,30)31;1-6-2-4-7(5-3-6)11(8,9)10/h1-13,22H;2-5H,1H3,(H,8,9,10). The highest BCUT2D eigenvalue weighted by atomic mass is 32.2. The van der Waals surface area contributed by atoms with Crippen molar-refractivity contribution < 1.29 is 53.2 Å². The number of aromatic nitrogens is 1. The minimum Gasteiger partial charge on any atom is -0.428 e. The number of fused-ring (bicyclic) bond motifs is 1. The molecule has 1 N–H and O–H groups in total. The number of halogens is 7. The van der Waals surface area contributed by atoms with E-state index in [1.807, 2.05) is 6.92 Å². The second kappa shape index (κ2) is 13.1. The third-order valence-corrected chi connectivity index (χ3v) is 6.94. The highest BCUT2D eigenvalue weighted by molar-refractivity contribution is 7.85. The second-order valence-electron chi connectivity index (χ2n) is 9.42. The molecule has 1 aromatic heterocycles. The molecule has 0 aliphatic rings. The SMILES string of the molecule is Cc1ccc(S(=O)(=O)O)cc1.FC(F)C(F)(F)Oc1cccc(-c2ccc3c(-c4cccc(OC(F)(F)F)c4)cccc3n2)c1. The Morgan fingerprint density at radius 2 is 1.31 bits per heavy atom. The van der Waals surface area contributed by atoms with E-state index >= 15 is 0 Å². The normalized spacial score (nSPS) is 12.0. The minimum absolute atomic E-state index is 0.0666. The molecule has 0 aliphatic carbocycles. The van der Waals surface area contributed by atoms with Crippen molar-refractivity contribution in [2.45, 2.75) is 30.7 Å². The molecular formula is C31H22F7NO5S. The molecule has 0 saturated heterocycles. The Balaban J connectivity index is 0.000000354. The number of alkyl halides is 7. The molecule has 14 heteroatoms. The molecule has 0 bridgehead atoms. The van der Waals surface area contributed by atoms with Gasteiger partial charge in [0.25, 0.3) is 10.1 Å². The summed E-state index contributed by atoms with van der Waals surface area (Å²) in [7, 11) is -4.02. The Bertz CT molecular complexity index is 1900. The first kappa shape index (κ1) is 33.2. The summed E-state index contributed by atoms with van der Waals surface area (Å²) in [5.41, 5.74) is 3.18. The summed E-state index contributed by atoms with van der Waals surface area (Å²) in [4.78, 5) is 4.42. The van der Waals surface area contributed by atoms with E-state index in [4.69, 9.17) is 4.55 Å². The van der Waals surface area contributed by atoms with Gasteiger partial charge in [-0.1, -0.05) is 60.2 Å². The zero-order valence-corrected chi connectivity index (χ0v) is 23.8. The van der Waals surface area contributed by atoms with Crippen LogP contribution in [0.25, 0.3) is 33.3 Å². The van der Waals surface area contributed by atoms with E-state index in [1.165, 1.54) is 36.4 Å². The number of benzene rings is 4. The summed E-state index contributed by atoms with van der Waals surface area (Å²) in [6, 6.07) is 24.9. The van der Waals surface area contributed by atoms with Crippen LogP contribution < -0.4 is 9.47 Å². The molecule has 0 saturated carbocycles. The van der Waals surface area contributed by atoms with Crippen LogP contribution in [-0.4, -0.2) is 36.9 Å². The van der Waals surface area contributed by atoms with Crippen molar-refractivity contribution in [1.82, 2.24) is 4.98 Å². The number of nitrogens with zero attached hydrogens (tertiary/aromatic N) is 1. The molecule has 0 amide bonds. The molecule has 45 heavy (non-hydrogen) atoms. The van der Waals surface area contributed by atoms with Crippen LogP contribution in [0.4, 0.5) is 30.7 Å². The van der Waals surface area contributed by atoms with Gasteiger partial charge in [-0.25, -0.2) is 4.98 Å². The topological polar surface area (TPSA) is 85.7 Å². The van der Waals surface area contributed by atoms with Crippen molar-refractivity contribution in [1.29, 1.82) is 0 Å². The first-order valence-corrected chi connectivity index (χ1v) is 14.2. The Labute approximate surface area is 252 Å². The molecule has 0 spiro atoms. The lowest BCUT2D eigenvalue weighted by atomic mass is 9.99. The van der Waals surface area contributed by atoms with Gasteiger partial charge in [0.15, 0.2) is 0 Å². The van der Waals surface area contributed by atoms with Gasteiger partial charge in [-0.3, -0.25) is 4.55 Å². The van der Waals surface area contributed by atoms with Gasteiger partial charge in [0.1, 0.15) is 11.5 Å². The van der Waals surface area contributed by atoms with Crippen molar-refractivity contribution in [2.75, 3.05) is 0 Å².